The molecule has 2 aromatic rings. The summed E-state index contributed by atoms with van der Waals surface area (Å²) in [6.45, 7) is 8.48. The van der Waals surface area contributed by atoms with Gasteiger partial charge in [-0.25, -0.2) is 4.98 Å². The lowest BCUT2D eigenvalue weighted by Crippen LogP contribution is -2.07. The number of halogens is 1. The van der Waals surface area contributed by atoms with E-state index in [2.05, 4.69) is 71.3 Å². The zero-order valence-corrected chi connectivity index (χ0v) is 13.4. The number of aromatic nitrogens is 1. The third-order valence-electron chi connectivity index (χ3n) is 3.14. The number of nitrogens with one attached hydrogen (secondary N) is 1. The van der Waals surface area contributed by atoms with Gasteiger partial charge < -0.3 is 5.32 Å². The topological polar surface area (TPSA) is 24.9 Å². The Labute approximate surface area is 123 Å². The first-order chi connectivity index (χ1) is 8.95. The van der Waals surface area contributed by atoms with E-state index < -0.39 is 0 Å². The van der Waals surface area contributed by atoms with E-state index in [9.17, 15) is 0 Å². The third kappa shape index (κ3) is 3.57. The molecule has 0 amide bonds. The van der Waals surface area contributed by atoms with Crippen molar-refractivity contribution in [3.8, 4) is 0 Å². The molecule has 1 unspecified atom stereocenters. The van der Waals surface area contributed by atoms with Crippen molar-refractivity contribution in [1.82, 2.24) is 4.98 Å². The molecular weight excluding hydrogens is 300 g/mol. The van der Waals surface area contributed by atoms with Gasteiger partial charge in [-0.1, -0.05) is 29.3 Å². The van der Waals surface area contributed by atoms with Gasteiger partial charge >= 0.3 is 0 Å². The molecule has 0 spiro atoms. The zero-order chi connectivity index (χ0) is 14.0. The molecule has 0 fully saturated rings. The summed E-state index contributed by atoms with van der Waals surface area (Å²) in [6, 6.07) is 9.02. The van der Waals surface area contributed by atoms with Gasteiger partial charge in [0.05, 0.1) is 11.9 Å². The molecule has 1 atom stereocenters. The lowest BCUT2D eigenvalue weighted by molar-refractivity contribution is 0.878. The van der Waals surface area contributed by atoms with Crippen molar-refractivity contribution in [2.75, 3.05) is 5.32 Å². The van der Waals surface area contributed by atoms with Gasteiger partial charge in [0.1, 0.15) is 4.60 Å². The standard InChI is InChI=1S/C16H19BrN2/c1-10-5-11(2)7-14(6-10)13(4)19-15-8-12(3)16(17)18-9-15/h5-9,13,19H,1-4H3. The smallest absolute Gasteiger partial charge is 0.109 e. The molecule has 0 aliphatic heterocycles. The molecule has 0 radical (unpaired) electrons. The van der Waals surface area contributed by atoms with Crippen molar-refractivity contribution in [3.63, 3.8) is 0 Å². The third-order valence-corrected chi connectivity index (χ3v) is 3.97. The van der Waals surface area contributed by atoms with Crippen molar-refractivity contribution in [3.05, 3.63) is 57.3 Å². The highest BCUT2D eigenvalue weighted by atomic mass is 79.9. The van der Waals surface area contributed by atoms with Crippen LogP contribution in [0.5, 0.6) is 0 Å². The molecular formula is C16H19BrN2. The summed E-state index contributed by atoms with van der Waals surface area (Å²) in [6.07, 6.45) is 1.86. The largest absolute Gasteiger partial charge is 0.377 e. The average molecular weight is 319 g/mol. The first kappa shape index (κ1) is 14.1. The summed E-state index contributed by atoms with van der Waals surface area (Å²) in [7, 11) is 0. The Balaban J connectivity index is 2.20. The van der Waals surface area contributed by atoms with Crippen molar-refractivity contribution in [2.24, 2.45) is 0 Å². The van der Waals surface area contributed by atoms with Crippen LogP contribution in [-0.2, 0) is 0 Å². The van der Waals surface area contributed by atoms with Crippen LogP contribution in [0.15, 0.2) is 35.1 Å². The molecule has 3 heteroatoms. The van der Waals surface area contributed by atoms with Crippen LogP contribution in [0.1, 0.15) is 35.2 Å². The second-order valence-corrected chi connectivity index (χ2v) is 5.87. The van der Waals surface area contributed by atoms with Crippen LogP contribution in [0.4, 0.5) is 5.69 Å². The van der Waals surface area contributed by atoms with Crippen LogP contribution in [0, 0.1) is 20.8 Å². The maximum Gasteiger partial charge on any atom is 0.109 e. The average Bonchev–Trinajstić information content (AvgIpc) is 2.32. The first-order valence-corrected chi connectivity index (χ1v) is 7.22. The van der Waals surface area contributed by atoms with Gasteiger partial charge in [0, 0.05) is 6.04 Å². The van der Waals surface area contributed by atoms with Crippen molar-refractivity contribution in [2.45, 2.75) is 33.7 Å². The van der Waals surface area contributed by atoms with Gasteiger partial charge in [-0.15, -0.1) is 0 Å². The Morgan fingerprint density at radius 3 is 2.26 bits per heavy atom. The Bertz CT molecular complexity index is 573. The fraction of sp³-hybridized carbons (Fsp3) is 0.312. The van der Waals surface area contributed by atoms with Gasteiger partial charge in [0.25, 0.3) is 0 Å². The fourth-order valence-corrected chi connectivity index (χ4v) is 2.45. The molecule has 0 saturated carbocycles. The number of benzene rings is 1. The summed E-state index contributed by atoms with van der Waals surface area (Å²) in [5.74, 6) is 0. The lowest BCUT2D eigenvalue weighted by atomic mass is 10.0. The number of rotatable bonds is 3. The van der Waals surface area contributed by atoms with Crippen LogP contribution in [0.2, 0.25) is 0 Å². The minimum absolute atomic E-state index is 0.265. The zero-order valence-electron chi connectivity index (χ0n) is 11.8. The molecule has 19 heavy (non-hydrogen) atoms. The highest BCUT2D eigenvalue weighted by molar-refractivity contribution is 9.10. The maximum atomic E-state index is 4.31. The van der Waals surface area contributed by atoms with Crippen LogP contribution in [-0.4, -0.2) is 4.98 Å². The van der Waals surface area contributed by atoms with Crippen LogP contribution in [0.25, 0.3) is 0 Å². The van der Waals surface area contributed by atoms with Gasteiger partial charge in [-0.05, 0) is 60.8 Å². The van der Waals surface area contributed by atoms with E-state index in [0.717, 1.165) is 15.9 Å². The minimum atomic E-state index is 0.265. The van der Waals surface area contributed by atoms with E-state index in [-0.39, 0.29) is 6.04 Å². The SMILES string of the molecule is Cc1cc(C)cc(C(C)Nc2cnc(Br)c(C)c2)c1. The van der Waals surface area contributed by atoms with Crippen LogP contribution in [0.3, 0.4) is 0 Å². The number of anilines is 1. The minimum Gasteiger partial charge on any atom is -0.377 e. The molecule has 1 aromatic heterocycles. The molecule has 2 rings (SSSR count). The second-order valence-electron chi connectivity index (χ2n) is 5.12. The molecule has 0 bridgehead atoms. The Hall–Kier alpha value is -1.35. The summed E-state index contributed by atoms with van der Waals surface area (Å²) < 4.78 is 0.900. The summed E-state index contributed by atoms with van der Waals surface area (Å²) in [5.41, 5.74) is 6.09. The maximum absolute atomic E-state index is 4.31. The molecule has 2 nitrogen and oxygen atoms in total. The number of hydrogen-bond donors (Lipinski definition) is 1. The van der Waals surface area contributed by atoms with Gasteiger partial charge in [-0.3, -0.25) is 0 Å². The van der Waals surface area contributed by atoms with E-state index in [1.165, 1.54) is 16.7 Å². The van der Waals surface area contributed by atoms with E-state index >= 15 is 0 Å². The Kier molecular flexibility index (Phi) is 4.25. The first-order valence-electron chi connectivity index (χ1n) is 6.42. The highest BCUT2D eigenvalue weighted by Gasteiger charge is 2.07. The normalized spacial score (nSPS) is 12.3. The monoisotopic (exact) mass is 318 g/mol. The van der Waals surface area contributed by atoms with Crippen LogP contribution < -0.4 is 5.32 Å². The predicted molar refractivity (Wildman–Crippen MR) is 84.6 cm³/mol. The molecule has 0 saturated heterocycles. The molecule has 0 aliphatic rings. The number of aryl methyl sites for hydroxylation is 3. The van der Waals surface area contributed by atoms with Gasteiger partial charge in [0.2, 0.25) is 0 Å². The molecule has 1 N–H and O–H groups in total. The quantitative estimate of drug-likeness (QED) is 0.810. The van der Waals surface area contributed by atoms with E-state index in [1.54, 1.807) is 0 Å². The predicted octanol–water partition coefficient (Wildman–Crippen LogP) is 4.94. The fourth-order valence-electron chi connectivity index (χ4n) is 2.23. The van der Waals surface area contributed by atoms with Crippen LogP contribution >= 0.6 is 15.9 Å². The van der Waals surface area contributed by atoms with Crippen molar-refractivity contribution < 1.29 is 0 Å². The van der Waals surface area contributed by atoms with E-state index in [1.807, 2.05) is 13.1 Å². The van der Waals surface area contributed by atoms with Crippen molar-refractivity contribution in [1.29, 1.82) is 0 Å². The second kappa shape index (κ2) is 5.74. The summed E-state index contributed by atoms with van der Waals surface area (Å²) >= 11 is 3.42. The molecule has 1 aromatic carbocycles. The van der Waals surface area contributed by atoms with E-state index in [4.69, 9.17) is 0 Å². The summed E-state index contributed by atoms with van der Waals surface area (Å²) in [5, 5.41) is 3.50. The lowest BCUT2D eigenvalue weighted by Gasteiger charge is -2.17. The Morgan fingerprint density at radius 2 is 1.68 bits per heavy atom. The number of hydrogen-bond acceptors (Lipinski definition) is 2. The summed E-state index contributed by atoms with van der Waals surface area (Å²) in [4.78, 5) is 4.31. The molecule has 0 aliphatic carbocycles. The molecule has 100 valence electrons. The van der Waals surface area contributed by atoms with E-state index in [0.29, 0.717) is 0 Å². The number of nitrogens with zero attached hydrogens (tertiary/aromatic N) is 1. The van der Waals surface area contributed by atoms with Gasteiger partial charge in [0.15, 0.2) is 0 Å². The highest BCUT2D eigenvalue weighted by Crippen LogP contribution is 2.23. The van der Waals surface area contributed by atoms with Crippen molar-refractivity contribution >= 4 is 21.6 Å². The Morgan fingerprint density at radius 1 is 1.05 bits per heavy atom. The van der Waals surface area contributed by atoms with Gasteiger partial charge in [-0.2, -0.15) is 0 Å². The molecule has 1 heterocycles. The number of pyridine rings is 1.